The number of fused-ring (bicyclic) bond motifs is 1. The van der Waals surface area contributed by atoms with Crippen LogP contribution in [0.2, 0.25) is 0 Å². The van der Waals surface area contributed by atoms with Crippen molar-refractivity contribution >= 4 is 16.9 Å². The van der Waals surface area contributed by atoms with Crippen LogP contribution in [-0.2, 0) is 0 Å². The molecule has 130 valence electrons. The third kappa shape index (κ3) is 2.65. The molecule has 7 nitrogen and oxygen atoms in total. The lowest BCUT2D eigenvalue weighted by atomic mass is 10.1. The molecule has 0 aliphatic carbocycles. The molecule has 3 heterocycles. The molecule has 1 amide bonds. The molecule has 0 spiro atoms. The van der Waals surface area contributed by atoms with Gasteiger partial charge in [-0.25, -0.2) is 23.4 Å². The van der Waals surface area contributed by atoms with Crippen LogP contribution in [0, 0.1) is 13.8 Å². The predicted molar refractivity (Wildman–Crippen MR) is 85.5 cm³/mol. The van der Waals surface area contributed by atoms with E-state index in [1.165, 1.54) is 0 Å². The van der Waals surface area contributed by atoms with E-state index in [9.17, 15) is 13.6 Å². The molecule has 9 heteroatoms. The van der Waals surface area contributed by atoms with Gasteiger partial charge >= 0.3 is 0 Å². The number of imidazole rings is 1. The van der Waals surface area contributed by atoms with E-state index in [1.54, 1.807) is 23.1 Å². The van der Waals surface area contributed by atoms with Gasteiger partial charge in [0.1, 0.15) is 11.6 Å². The molecule has 25 heavy (non-hydrogen) atoms. The first-order valence-corrected chi connectivity index (χ1v) is 7.89. The summed E-state index contributed by atoms with van der Waals surface area (Å²) in [5.74, 6) is 1.01. The molecular formula is C16H16F2N6O. The van der Waals surface area contributed by atoms with E-state index in [-0.39, 0.29) is 17.8 Å². The van der Waals surface area contributed by atoms with Crippen LogP contribution in [0.1, 0.15) is 40.3 Å². The Morgan fingerprint density at radius 3 is 2.68 bits per heavy atom. The maximum absolute atomic E-state index is 12.7. The summed E-state index contributed by atoms with van der Waals surface area (Å²) < 4.78 is 27.3. The largest absolute Gasteiger partial charge is 0.337 e. The van der Waals surface area contributed by atoms with Crippen molar-refractivity contribution in [3.63, 3.8) is 0 Å². The Morgan fingerprint density at radius 1 is 1.28 bits per heavy atom. The molecule has 0 bridgehead atoms. The van der Waals surface area contributed by atoms with Gasteiger partial charge in [-0.05, 0) is 32.0 Å². The summed E-state index contributed by atoms with van der Waals surface area (Å²) in [6.07, 6.45) is -2.67. The minimum absolute atomic E-state index is 0.117. The standard InChI is InChI=1S/C16H16F2N6O/c1-8-19-9(2)24(22-8)11-6-23(7-11)16(25)10-3-4-12-13(5-10)21-15(20-12)14(17)18/h3-5,11,14H,6-7H2,1-2H3,(H,20,21). The number of nitrogens with zero attached hydrogens (tertiary/aromatic N) is 5. The SMILES string of the molecule is Cc1nc(C)n(C2CN(C(=O)c3ccc4nc(C(F)F)[nH]c4c3)C2)n1. The van der Waals surface area contributed by atoms with Crippen LogP contribution in [0.25, 0.3) is 11.0 Å². The molecule has 1 N–H and O–H groups in total. The van der Waals surface area contributed by atoms with Gasteiger partial charge in [0.15, 0.2) is 5.82 Å². The number of nitrogens with one attached hydrogen (secondary N) is 1. The maximum Gasteiger partial charge on any atom is 0.295 e. The van der Waals surface area contributed by atoms with Crippen LogP contribution in [0.5, 0.6) is 0 Å². The minimum atomic E-state index is -2.67. The number of aryl methyl sites for hydroxylation is 2. The number of carbonyl (C=O) groups is 1. The average Bonchev–Trinajstić information content (AvgIpc) is 3.08. The van der Waals surface area contributed by atoms with Gasteiger partial charge in [-0.3, -0.25) is 4.79 Å². The monoisotopic (exact) mass is 346 g/mol. The lowest BCUT2D eigenvalue weighted by Crippen LogP contribution is -2.51. The Bertz CT molecular complexity index is 957. The predicted octanol–water partition coefficient (Wildman–Crippen LogP) is 2.41. The molecule has 1 aliphatic rings. The molecular weight excluding hydrogens is 330 g/mol. The summed E-state index contributed by atoms with van der Waals surface area (Å²) >= 11 is 0. The van der Waals surface area contributed by atoms with Crippen molar-refractivity contribution in [2.24, 2.45) is 0 Å². The van der Waals surface area contributed by atoms with Crippen molar-refractivity contribution in [2.45, 2.75) is 26.3 Å². The number of H-pyrrole nitrogens is 1. The molecule has 2 aromatic heterocycles. The van der Waals surface area contributed by atoms with Gasteiger partial charge in [0.25, 0.3) is 12.3 Å². The number of alkyl halides is 2. The van der Waals surface area contributed by atoms with Crippen molar-refractivity contribution in [3.8, 4) is 0 Å². The highest BCUT2D eigenvalue weighted by molar-refractivity contribution is 5.97. The van der Waals surface area contributed by atoms with Gasteiger partial charge < -0.3 is 9.88 Å². The molecule has 0 saturated carbocycles. The van der Waals surface area contributed by atoms with E-state index < -0.39 is 6.43 Å². The Morgan fingerprint density at radius 2 is 2.04 bits per heavy atom. The van der Waals surface area contributed by atoms with E-state index in [0.717, 1.165) is 5.82 Å². The highest BCUT2D eigenvalue weighted by atomic mass is 19.3. The number of aromatic nitrogens is 5. The van der Waals surface area contributed by atoms with E-state index in [0.29, 0.717) is 35.5 Å². The second-order valence-electron chi connectivity index (χ2n) is 6.17. The zero-order valence-electron chi connectivity index (χ0n) is 13.7. The molecule has 0 unspecified atom stereocenters. The van der Waals surface area contributed by atoms with Crippen molar-refractivity contribution in [2.75, 3.05) is 13.1 Å². The molecule has 0 atom stereocenters. The van der Waals surface area contributed by atoms with Gasteiger partial charge in [0.05, 0.1) is 17.1 Å². The van der Waals surface area contributed by atoms with Crippen molar-refractivity contribution < 1.29 is 13.6 Å². The first kappa shape index (κ1) is 15.7. The second kappa shape index (κ2) is 5.61. The van der Waals surface area contributed by atoms with E-state index >= 15 is 0 Å². The smallest absolute Gasteiger partial charge is 0.295 e. The van der Waals surface area contributed by atoms with Gasteiger partial charge in [-0.2, -0.15) is 5.10 Å². The number of aromatic amines is 1. The third-order valence-corrected chi connectivity index (χ3v) is 4.36. The summed E-state index contributed by atoms with van der Waals surface area (Å²) in [4.78, 5) is 24.9. The zero-order chi connectivity index (χ0) is 17.7. The second-order valence-corrected chi connectivity index (χ2v) is 6.17. The number of hydrogen-bond acceptors (Lipinski definition) is 4. The van der Waals surface area contributed by atoms with Crippen LogP contribution in [0.3, 0.4) is 0 Å². The number of likely N-dealkylation sites (tertiary alicyclic amines) is 1. The van der Waals surface area contributed by atoms with Gasteiger partial charge in [0.2, 0.25) is 0 Å². The summed E-state index contributed by atoms with van der Waals surface area (Å²) in [5.41, 5.74) is 1.30. The highest BCUT2D eigenvalue weighted by Gasteiger charge is 2.34. The topological polar surface area (TPSA) is 79.7 Å². The van der Waals surface area contributed by atoms with E-state index in [2.05, 4.69) is 20.1 Å². The first-order chi connectivity index (χ1) is 11.9. The summed E-state index contributed by atoms with van der Waals surface area (Å²) in [6.45, 7) is 4.81. The Kier molecular flexibility index (Phi) is 3.52. The number of amides is 1. The van der Waals surface area contributed by atoms with Crippen molar-refractivity contribution in [1.82, 2.24) is 29.6 Å². The number of rotatable bonds is 3. The Labute approximate surface area is 141 Å². The maximum atomic E-state index is 12.7. The minimum Gasteiger partial charge on any atom is -0.337 e. The summed E-state index contributed by atoms with van der Waals surface area (Å²) in [7, 11) is 0. The van der Waals surface area contributed by atoms with Gasteiger partial charge in [0, 0.05) is 18.7 Å². The summed E-state index contributed by atoms with van der Waals surface area (Å²) in [6, 6.07) is 4.87. The van der Waals surface area contributed by atoms with Crippen molar-refractivity contribution in [1.29, 1.82) is 0 Å². The van der Waals surface area contributed by atoms with Crippen molar-refractivity contribution in [3.05, 3.63) is 41.2 Å². The summed E-state index contributed by atoms with van der Waals surface area (Å²) in [5, 5.41) is 4.34. The van der Waals surface area contributed by atoms with Gasteiger partial charge in [-0.1, -0.05) is 0 Å². The molecule has 1 aromatic carbocycles. The molecule has 1 fully saturated rings. The third-order valence-electron chi connectivity index (χ3n) is 4.36. The van der Waals surface area contributed by atoms with E-state index in [4.69, 9.17) is 0 Å². The number of halogens is 2. The van der Waals surface area contributed by atoms with Crippen LogP contribution >= 0.6 is 0 Å². The van der Waals surface area contributed by atoms with Crippen LogP contribution in [0.4, 0.5) is 8.78 Å². The quantitative estimate of drug-likeness (QED) is 0.790. The molecule has 3 aromatic rings. The molecule has 4 rings (SSSR count). The molecule has 1 aliphatic heterocycles. The van der Waals surface area contributed by atoms with E-state index in [1.807, 2.05) is 18.5 Å². The molecule has 1 saturated heterocycles. The highest BCUT2D eigenvalue weighted by Crippen LogP contribution is 2.25. The average molecular weight is 346 g/mol. The van der Waals surface area contributed by atoms with Crippen LogP contribution in [0.15, 0.2) is 18.2 Å². The fraction of sp³-hybridized carbons (Fsp3) is 0.375. The Hall–Kier alpha value is -2.84. The lowest BCUT2D eigenvalue weighted by molar-refractivity contribution is 0.0497. The van der Waals surface area contributed by atoms with Crippen LogP contribution in [-0.4, -0.2) is 48.6 Å². The number of benzene rings is 1. The Balaban J connectivity index is 1.50. The van der Waals surface area contributed by atoms with Crippen LogP contribution < -0.4 is 0 Å². The zero-order valence-corrected chi connectivity index (χ0v) is 13.7. The number of hydrogen-bond donors (Lipinski definition) is 1. The molecule has 0 radical (unpaired) electrons. The normalized spacial score (nSPS) is 15.2. The fourth-order valence-corrected chi connectivity index (χ4v) is 3.11. The van der Waals surface area contributed by atoms with Gasteiger partial charge in [-0.15, -0.1) is 0 Å². The first-order valence-electron chi connectivity index (χ1n) is 7.89. The number of carbonyl (C=O) groups excluding carboxylic acids is 1. The fourth-order valence-electron chi connectivity index (χ4n) is 3.11. The lowest BCUT2D eigenvalue weighted by Gasteiger charge is -2.39.